The summed E-state index contributed by atoms with van der Waals surface area (Å²) in [5, 5.41) is 3.41. The van der Waals surface area contributed by atoms with Crippen molar-refractivity contribution >= 4 is 11.6 Å². The van der Waals surface area contributed by atoms with Gasteiger partial charge in [0.1, 0.15) is 5.82 Å². The summed E-state index contributed by atoms with van der Waals surface area (Å²) in [6.07, 6.45) is 1.59. The number of nitrogens with one attached hydrogen (secondary N) is 1. The SMILES string of the molecule is COCCNCCCc1cccc(Cl)c1F. The van der Waals surface area contributed by atoms with Gasteiger partial charge in [0, 0.05) is 13.7 Å². The molecule has 0 unspecified atom stereocenters. The lowest BCUT2D eigenvalue weighted by Crippen LogP contribution is -2.20. The van der Waals surface area contributed by atoms with Gasteiger partial charge >= 0.3 is 0 Å². The summed E-state index contributed by atoms with van der Waals surface area (Å²) in [6.45, 7) is 2.38. The van der Waals surface area contributed by atoms with Crippen molar-refractivity contribution < 1.29 is 9.13 Å². The topological polar surface area (TPSA) is 21.3 Å². The molecule has 1 N–H and O–H groups in total. The summed E-state index contributed by atoms with van der Waals surface area (Å²) in [6, 6.07) is 5.12. The molecular formula is C12H17ClFNO. The average Bonchev–Trinajstić information content (AvgIpc) is 2.29. The number of benzene rings is 1. The first-order chi connectivity index (χ1) is 7.75. The number of aryl methyl sites for hydroxylation is 1. The monoisotopic (exact) mass is 245 g/mol. The third-order valence-corrected chi connectivity index (χ3v) is 2.61. The highest BCUT2D eigenvalue weighted by Gasteiger charge is 2.04. The van der Waals surface area contributed by atoms with Crippen LogP contribution in [0.4, 0.5) is 4.39 Å². The highest BCUT2D eigenvalue weighted by Crippen LogP contribution is 2.18. The van der Waals surface area contributed by atoms with Crippen LogP contribution in [0.25, 0.3) is 0 Å². The molecule has 0 spiro atoms. The van der Waals surface area contributed by atoms with Crippen molar-refractivity contribution in [2.45, 2.75) is 12.8 Å². The summed E-state index contributed by atoms with van der Waals surface area (Å²) in [4.78, 5) is 0. The van der Waals surface area contributed by atoms with E-state index < -0.39 is 0 Å². The second-order valence-electron chi connectivity index (χ2n) is 3.56. The van der Waals surface area contributed by atoms with E-state index >= 15 is 0 Å². The van der Waals surface area contributed by atoms with Crippen LogP contribution in [0.3, 0.4) is 0 Å². The number of methoxy groups -OCH3 is 1. The number of halogens is 2. The van der Waals surface area contributed by atoms with Crippen molar-refractivity contribution in [1.82, 2.24) is 5.32 Å². The molecule has 0 aliphatic heterocycles. The van der Waals surface area contributed by atoms with Gasteiger partial charge in [-0.1, -0.05) is 23.7 Å². The smallest absolute Gasteiger partial charge is 0.144 e. The van der Waals surface area contributed by atoms with Gasteiger partial charge < -0.3 is 10.1 Å². The first-order valence-electron chi connectivity index (χ1n) is 5.38. The molecule has 4 heteroatoms. The lowest BCUT2D eigenvalue weighted by Gasteiger charge is -2.05. The maximum atomic E-state index is 13.5. The molecule has 90 valence electrons. The van der Waals surface area contributed by atoms with Crippen LogP contribution < -0.4 is 5.32 Å². The third kappa shape index (κ3) is 4.47. The van der Waals surface area contributed by atoms with E-state index in [9.17, 15) is 4.39 Å². The molecule has 16 heavy (non-hydrogen) atoms. The number of ether oxygens (including phenoxy) is 1. The molecule has 0 aromatic heterocycles. The first kappa shape index (κ1) is 13.4. The van der Waals surface area contributed by atoms with Crippen molar-refractivity contribution in [2.75, 3.05) is 26.8 Å². The molecule has 1 aromatic carbocycles. The van der Waals surface area contributed by atoms with E-state index in [0.29, 0.717) is 18.6 Å². The van der Waals surface area contributed by atoms with E-state index in [1.54, 1.807) is 25.3 Å². The summed E-state index contributed by atoms with van der Waals surface area (Å²) in [7, 11) is 1.67. The Labute approximate surface area is 101 Å². The van der Waals surface area contributed by atoms with Crippen LogP contribution in [0.15, 0.2) is 18.2 Å². The molecule has 0 saturated heterocycles. The van der Waals surface area contributed by atoms with Crippen molar-refractivity contribution in [3.63, 3.8) is 0 Å². The zero-order valence-electron chi connectivity index (χ0n) is 9.43. The third-order valence-electron chi connectivity index (χ3n) is 2.31. The van der Waals surface area contributed by atoms with E-state index in [4.69, 9.17) is 16.3 Å². The minimum absolute atomic E-state index is 0.199. The van der Waals surface area contributed by atoms with Crippen LogP contribution in [0.1, 0.15) is 12.0 Å². The molecule has 0 amide bonds. The second kappa shape index (κ2) is 7.60. The highest BCUT2D eigenvalue weighted by atomic mass is 35.5. The second-order valence-corrected chi connectivity index (χ2v) is 3.97. The zero-order valence-corrected chi connectivity index (χ0v) is 10.2. The Morgan fingerprint density at radius 1 is 1.38 bits per heavy atom. The van der Waals surface area contributed by atoms with Gasteiger partial charge in [-0.2, -0.15) is 0 Å². The molecule has 1 rings (SSSR count). The minimum atomic E-state index is -0.291. The number of hydrogen-bond donors (Lipinski definition) is 1. The van der Waals surface area contributed by atoms with Gasteiger partial charge in [0.05, 0.1) is 11.6 Å². The van der Waals surface area contributed by atoms with Crippen LogP contribution in [0.2, 0.25) is 5.02 Å². The zero-order chi connectivity index (χ0) is 11.8. The van der Waals surface area contributed by atoms with E-state index in [2.05, 4.69) is 5.32 Å². The van der Waals surface area contributed by atoms with Crippen LogP contribution in [-0.2, 0) is 11.2 Å². The fourth-order valence-electron chi connectivity index (χ4n) is 1.44. The minimum Gasteiger partial charge on any atom is -0.383 e. The highest BCUT2D eigenvalue weighted by molar-refractivity contribution is 6.30. The van der Waals surface area contributed by atoms with Gasteiger partial charge in [-0.3, -0.25) is 0 Å². The fourth-order valence-corrected chi connectivity index (χ4v) is 1.64. The molecule has 0 bridgehead atoms. The normalized spacial score (nSPS) is 10.7. The standard InChI is InChI=1S/C12H17ClFNO/c1-16-9-8-15-7-3-5-10-4-2-6-11(13)12(10)14/h2,4,6,15H,3,5,7-9H2,1H3. The summed E-state index contributed by atoms with van der Waals surface area (Å²) in [5.41, 5.74) is 0.682. The molecule has 0 saturated carbocycles. The Morgan fingerprint density at radius 3 is 2.94 bits per heavy atom. The van der Waals surface area contributed by atoms with E-state index in [0.717, 1.165) is 19.5 Å². The van der Waals surface area contributed by atoms with Gasteiger partial charge in [-0.15, -0.1) is 0 Å². The first-order valence-corrected chi connectivity index (χ1v) is 5.76. The van der Waals surface area contributed by atoms with Crippen LogP contribution in [-0.4, -0.2) is 26.8 Å². The van der Waals surface area contributed by atoms with Gasteiger partial charge in [-0.05, 0) is 31.0 Å². The lowest BCUT2D eigenvalue weighted by molar-refractivity contribution is 0.199. The van der Waals surface area contributed by atoms with Crippen LogP contribution in [0.5, 0.6) is 0 Å². The number of rotatable bonds is 7. The molecular weight excluding hydrogens is 229 g/mol. The summed E-state index contributed by atoms with van der Waals surface area (Å²) >= 11 is 5.69. The molecule has 1 aromatic rings. The van der Waals surface area contributed by atoms with E-state index in [1.165, 1.54) is 0 Å². The molecule has 0 fully saturated rings. The van der Waals surface area contributed by atoms with Crippen molar-refractivity contribution in [1.29, 1.82) is 0 Å². The van der Waals surface area contributed by atoms with Gasteiger partial charge in [0.15, 0.2) is 0 Å². The predicted octanol–water partition coefficient (Wildman–Crippen LogP) is 2.65. The van der Waals surface area contributed by atoms with Gasteiger partial charge in [0.2, 0.25) is 0 Å². The number of hydrogen-bond acceptors (Lipinski definition) is 2. The molecule has 0 radical (unpaired) electrons. The van der Waals surface area contributed by atoms with Crippen molar-refractivity contribution in [3.8, 4) is 0 Å². The van der Waals surface area contributed by atoms with Gasteiger partial charge in [0.25, 0.3) is 0 Å². The Hall–Kier alpha value is -0.640. The Balaban J connectivity index is 2.24. The van der Waals surface area contributed by atoms with E-state index in [1.807, 2.05) is 0 Å². The average molecular weight is 246 g/mol. The maximum absolute atomic E-state index is 13.5. The fraction of sp³-hybridized carbons (Fsp3) is 0.500. The molecule has 0 heterocycles. The Bertz CT molecular complexity index is 320. The molecule has 0 aliphatic carbocycles. The molecule has 0 aliphatic rings. The Kier molecular flexibility index (Phi) is 6.38. The Morgan fingerprint density at radius 2 is 2.19 bits per heavy atom. The predicted molar refractivity (Wildman–Crippen MR) is 64.5 cm³/mol. The quantitative estimate of drug-likeness (QED) is 0.746. The largest absolute Gasteiger partial charge is 0.383 e. The van der Waals surface area contributed by atoms with Crippen LogP contribution >= 0.6 is 11.6 Å². The maximum Gasteiger partial charge on any atom is 0.144 e. The summed E-state index contributed by atoms with van der Waals surface area (Å²) in [5.74, 6) is -0.291. The van der Waals surface area contributed by atoms with Crippen LogP contribution in [0, 0.1) is 5.82 Å². The lowest BCUT2D eigenvalue weighted by atomic mass is 10.1. The molecule has 0 atom stereocenters. The van der Waals surface area contributed by atoms with Gasteiger partial charge in [-0.25, -0.2) is 4.39 Å². The molecule has 2 nitrogen and oxygen atoms in total. The van der Waals surface area contributed by atoms with E-state index in [-0.39, 0.29) is 10.8 Å². The van der Waals surface area contributed by atoms with Crippen molar-refractivity contribution in [2.24, 2.45) is 0 Å². The summed E-state index contributed by atoms with van der Waals surface area (Å²) < 4.78 is 18.4. The van der Waals surface area contributed by atoms with Crippen molar-refractivity contribution in [3.05, 3.63) is 34.6 Å².